The van der Waals surface area contributed by atoms with E-state index in [9.17, 15) is 65.9 Å². The molecule has 0 radical (unpaired) electrons. The first-order valence-corrected chi connectivity index (χ1v) is 25.7. The summed E-state index contributed by atoms with van der Waals surface area (Å²) in [6.07, 6.45) is -1.43. The minimum absolute atomic E-state index is 0. The minimum atomic E-state index is -5.53. The third-order valence-electron chi connectivity index (χ3n) is 9.04. The predicted molar refractivity (Wildman–Crippen MR) is 244 cm³/mol. The zero-order valence-electron chi connectivity index (χ0n) is 40.8. The van der Waals surface area contributed by atoms with E-state index in [4.69, 9.17) is 11.5 Å². The Labute approximate surface area is 560 Å². The Morgan fingerprint density at radius 1 is 0.494 bits per heavy atom. The molecule has 0 saturated heterocycles. The number of azo groups is 2. The quantitative estimate of drug-likeness (QED) is 0.00504. The number of aromatic nitrogens is 5. The Hall–Kier alpha value is -3.08. The molecule has 0 spiro atoms. The van der Waals surface area contributed by atoms with Gasteiger partial charge in [-0.3, -0.25) is 5.04 Å². The number of rotatable bonds is 19. The van der Waals surface area contributed by atoms with Crippen molar-refractivity contribution in [3.63, 3.8) is 0 Å². The fourth-order valence-electron chi connectivity index (χ4n) is 5.94. The molecule has 42 heteroatoms. The number of nitrogens with zero attached hydrogens (tertiary/aromatic N) is 9. The molecule has 0 atom stereocenters. The summed E-state index contributed by atoms with van der Waals surface area (Å²) < 4.78 is 177. The first-order chi connectivity index (χ1) is 34.7. The van der Waals surface area contributed by atoms with E-state index in [2.05, 4.69) is 76.0 Å². The molecule has 8 N–H and O–H groups in total. The maximum Gasteiger partial charge on any atom is 1.00 e. The third-order valence-corrected chi connectivity index (χ3v) is 13.1. The molecule has 79 heavy (non-hydrogen) atoms. The van der Waals surface area contributed by atoms with Crippen LogP contribution in [0.25, 0.3) is 0 Å². The topological polar surface area (TPSA) is 484 Å². The zero-order chi connectivity index (χ0) is 53.8. The van der Waals surface area contributed by atoms with Gasteiger partial charge in [0.15, 0.2) is 0 Å². The number of anilines is 10. The van der Waals surface area contributed by atoms with Crippen molar-refractivity contribution in [2.75, 3.05) is 32.7 Å². The third kappa shape index (κ3) is 20.1. The van der Waals surface area contributed by atoms with Crippen LogP contribution in [0.3, 0.4) is 0 Å². The molecule has 0 aliphatic rings. The average molecular weight is 1230 g/mol. The summed E-state index contributed by atoms with van der Waals surface area (Å²) in [5.74, 6) is -2.80. The van der Waals surface area contributed by atoms with E-state index in [0.717, 1.165) is 54.6 Å². The molecule has 0 aliphatic carbocycles. The standard InChI is InChI=1S/C37H29F2N15O15S5.5Na/c38-29-16-30(47-34(39)46-29)42-19-7-9-26(70-69-68-55)23(13-19)51-54-33-31(40)25(15-28(32(33)41)74(65,66)67)53-52-24-14-20(8-10-27(24)73(62,63)64)45-37-49-35(43-17-3-1-5-21(11-17)71(56,57)58)48-36(50-37)44-18-4-2-6-22(12-18)72(59,60)61;;;;;/h1-16,55H,40-41H2,(H,42,46,47)(H,56,57,58)(H,59,60,61)(H,62,63,64)(H,65,66,67)(H3,43,44,45,48,49,50);;;;;/q;5*+1/p-5. The van der Waals surface area contributed by atoms with E-state index in [0.29, 0.717) is 6.07 Å². The Kier molecular flexibility index (Phi) is 27.8. The number of benzene rings is 5. The van der Waals surface area contributed by atoms with Gasteiger partial charge < -0.3 is 56.2 Å². The molecule has 7 rings (SSSR count). The largest absolute Gasteiger partial charge is 1.00 e. The first-order valence-electron chi connectivity index (χ1n) is 19.3. The van der Waals surface area contributed by atoms with Gasteiger partial charge in [0.05, 0.1) is 47.9 Å². The van der Waals surface area contributed by atoms with Crippen LogP contribution >= 0.6 is 12.0 Å². The second-order valence-electron chi connectivity index (χ2n) is 14.1. The van der Waals surface area contributed by atoms with Crippen LogP contribution in [0, 0.1) is 12.0 Å². The normalized spacial score (nSPS) is 11.5. The van der Waals surface area contributed by atoms with E-state index < -0.39 is 106 Å². The molecule has 2 aromatic heterocycles. The van der Waals surface area contributed by atoms with Gasteiger partial charge >= 0.3 is 154 Å². The Balaban J connectivity index is 0.00000427. The molecule has 386 valence electrons. The van der Waals surface area contributed by atoms with Gasteiger partial charge in [-0.25, -0.2) is 33.7 Å². The molecule has 5 aromatic carbocycles. The number of nitrogens with one attached hydrogen (secondary N) is 4. The van der Waals surface area contributed by atoms with Crippen LogP contribution in [0.5, 0.6) is 0 Å². The van der Waals surface area contributed by atoms with Crippen LogP contribution in [0.2, 0.25) is 0 Å². The van der Waals surface area contributed by atoms with Gasteiger partial charge in [0.25, 0.3) is 0 Å². The summed E-state index contributed by atoms with van der Waals surface area (Å²) in [5.41, 5.74) is 7.94. The van der Waals surface area contributed by atoms with Crippen LogP contribution in [0.4, 0.5) is 89.3 Å². The summed E-state index contributed by atoms with van der Waals surface area (Å²) in [7, 11) is -20.8. The van der Waals surface area contributed by atoms with Gasteiger partial charge in [-0.15, -0.1) is 20.5 Å². The van der Waals surface area contributed by atoms with Crippen molar-refractivity contribution in [1.29, 1.82) is 0 Å². The van der Waals surface area contributed by atoms with Crippen molar-refractivity contribution >= 4 is 133 Å². The van der Waals surface area contributed by atoms with E-state index in [-0.39, 0.29) is 211 Å². The number of nitrogens with two attached hydrogens (primary N) is 2. The first kappa shape index (κ1) is 72.0. The second kappa shape index (κ2) is 30.5. The van der Waals surface area contributed by atoms with Crippen LogP contribution in [0.1, 0.15) is 0 Å². The predicted octanol–water partition coefficient (Wildman–Crippen LogP) is -10.2. The SMILES string of the molecule is Nc1c(N=Nc2cc(Nc3nc(Nc4cccc(S(=O)(=O)[O-])c4)nc(Nc4cccc(S(=O)(=O)[O-])c4)n3)ccc2S(=O)(=O)[O-])cc(S(=O)(=O)[O-])c(N)c1N=Nc1cc(Nc2cc(F)nc(F)n2)ccc1SOO[O-].[Na+].[Na+].[Na+].[Na+].[Na+]. The van der Waals surface area contributed by atoms with Gasteiger partial charge in [-0.05, 0) is 78.9 Å². The van der Waals surface area contributed by atoms with Crippen molar-refractivity contribution in [1.82, 2.24) is 24.9 Å². The number of nitrogen functional groups attached to an aromatic ring is 2. The monoisotopic (exact) mass is 1230 g/mol. The zero-order valence-corrected chi connectivity index (χ0v) is 54.9. The summed E-state index contributed by atoms with van der Waals surface area (Å²) in [5, 5.41) is 39.9. The van der Waals surface area contributed by atoms with E-state index in [1.807, 2.05) is 0 Å². The van der Waals surface area contributed by atoms with Gasteiger partial charge in [0.2, 0.25) is 23.8 Å². The van der Waals surface area contributed by atoms with Gasteiger partial charge in [0.1, 0.15) is 69.0 Å². The van der Waals surface area contributed by atoms with Gasteiger partial charge in [-0.2, -0.15) is 38.0 Å². The molecule has 7 aromatic rings. The molecule has 0 saturated carbocycles. The van der Waals surface area contributed by atoms with Crippen LogP contribution < -0.4 is 186 Å². The second-order valence-corrected chi connectivity index (χ2v) is 20.3. The van der Waals surface area contributed by atoms with Crippen LogP contribution in [-0.2, 0) is 49.8 Å². The Bertz CT molecular complexity index is 3800. The molecule has 0 amide bonds. The van der Waals surface area contributed by atoms with E-state index >= 15 is 0 Å². The van der Waals surface area contributed by atoms with Gasteiger partial charge in [-0.1, -0.05) is 12.1 Å². The van der Waals surface area contributed by atoms with E-state index in [1.165, 1.54) is 36.4 Å². The molecular weight excluding hydrogens is 1210 g/mol. The van der Waals surface area contributed by atoms with E-state index in [1.54, 1.807) is 0 Å². The fraction of sp³-hybridized carbons (Fsp3) is 0. The number of halogens is 2. The van der Waals surface area contributed by atoms with Crippen molar-refractivity contribution in [3.05, 3.63) is 109 Å². The fourth-order valence-corrected chi connectivity index (χ4v) is 8.60. The molecule has 30 nitrogen and oxygen atoms in total. The summed E-state index contributed by atoms with van der Waals surface area (Å²) >= 11 is 0.279. The molecule has 0 bridgehead atoms. The smallest absolute Gasteiger partial charge is 0.744 e. The Morgan fingerprint density at radius 3 is 1.46 bits per heavy atom. The molecule has 0 fully saturated rings. The summed E-state index contributed by atoms with van der Waals surface area (Å²) in [4.78, 5) is 15.2. The summed E-state index contributed by atoms with van der Waals surface area (Å²) in [6.45, 7) is 0. The van der Waals surface area contributed by atoms with Crippen molar-refractivity contribution in [2.45, 2.75) is 24.5 Å². The maximum absolute atomic E-state index is 13.7. The molecule has 2 heterocycles. The number of hydrogen-bond donors (Lipinski definition) is 6. The van der Waals surface area contributed by atoms with Crippen LogP contribution in [-0.4, -0.2) is 76.8 Å². The maximum atomic E-state index is 13.7. The Morgan fingerprint density at radius 2 is 0.962 bits per heavy atom. The molecule has 0 unspecified atom stereocenters. The van der Waals surface area contributed by atoms with Gasteiger partial charge in [0, 0.05) is 28.8 Å². The van der Waals surface area contributed by atoms with Crippen molar-refractivity contribution < 1.29 is 223 Å². The minimum Gasteiger partial charge on any atom is -0.744 e. The summed E-state index contributed by atoms with van der Waals surface area (Å²) in [6, 6.07) is 16.6. The average Bonchev–Trinajstić information content (AvgIpc) is 3.29. The van der Waals surface area contributed by atoms with Crippen molar-refractivity contribution in [3.8, 4) is 0 Å². The van der Waals surface area contributed by atoms with Crippen molar-refractivity contribution in [2.24, 2.45) is 20.5 Å². The van der Waals surface area contributed by atoms with Crippen LogP contribution in [0.15, 0.2) is 142 Å². The molecule has 0 aliphatic heterocycles. The number of hydrogen-bond acceptors (Lipinski definition) is 31. The molecular formula is C37H24F2N15Na5O15S5.